The number of fused-ring (bicyclic) bond motifs is 1. The molecule has 62 valence electrons. The molecule has 0 aliphatic heterocycles. The molecule has 2 aromatic heterocycles. The Morgan fingerprint density at radius 2 is 2.33 bits per heavy atom. The van der Waals surface area contributed by atoms with E-state index < -0.39 is 0 Å². The summed E-state index contributed by atoms with van der Waals surface area (Å²) in [5, 5.41) is 0. The molecule has 0 aromatic carbocycles. The summed E-state index contributed by atoms with van der Waals surface area (Å²) in [4.78, 5) is 8.34. The van der Waals surface area contributed by atoms with Gasteiger partial charge in [-0.25, -0.2) is 4.98 Å². The average molecular weight is 162 g/mol. The van der Waals surface area contributed by atoms with Crippen LogP contribution in [0.25, 0.3) is 5.52 Å². The second kappa shape index (κ2) is 2.57. The monoisotopic (exact) mass is 162 g/mol. The molecule has 0 bridgehead atoms. The number of aryl methyl sites for hydroxylation is 1. The molecule has 0 saturated carbocycles. The van der Waals surface area contributed by atoms with Gasteiger partial charge in [-0.3, -0.25) is 4.98 Å². The van der Waals surface area contributed by atoms with Crippen molar-refractivity contribution < 1.29 is 0 Å². The van der Waals surface area contributed by atoms with Gasteiger partial charge in [-0.15, -0.1) is 0 Å². The van der Waals surface area contributed by atoms with Crippen molar-refractivity contribution in [1.82, 2.24) is 14.4 Å². The van der Waals surface area contributed by atoms with Crippen molar-refractivity contribution in [2.24, 2.45) is 5.73 Å². The molecule has 4 heteroatoms. The van der Waals surface area contributed by atoms with Crippen LogP contribution in [0.15, 0.2) is 18.7 Å². The predicted octanol–water partition coefficient (Wildman–Crippen LogP) is 0.496. The molecule has 0 atom stereocenters. The van der Waals surface area contributed by atoms with E-state index in [-0.39, 0.29) is 0 Å². The van der Waals surface area contributed by atoms with Crippen LogP contribution in [0.2, 0.25) is 0 Å². The Kier molecular flexibility index (Phi) is 1.55. The first-order valence-corrected chi connectivity index (χ1v) is 3.80. The van der Waals surface area contributed by atoms with E-state index in [1.54, 1.807) is 12.5 Å². The van der Waals surface area contributed by atoms with Gasteiger partial charge in [0.25, 0.3) is 0 Å². The molecule has 0 amide bonds. The van der Waals surface area contributed by atoms with Crippen molar-refractivity contribution in [3.63, 3.8) is 0 Å². The Morgan fingerprint density at radius 3 is 3.08 bits per heavy atom. The van der Waals surface area contributed by atoms with Crippen molar-refractivity contribution >= 4 is 5.52 Å². The summed E-state index contributed by atoms with van der Waals surface area (Å²) >= 11 is 0. The molecule has 4 nitrogen and oxygen atoms in total. The van der Waals surface area contributed by atoms with Gasteiger partial charge in [-0.1, -0.05) is 0 Å². The predicted molar refractivity (Wildman–Crippen MR) is 45.6 cm³/mol. The normalized spacial score (nSPS) is 10.8. The number of aromatic nitrogens is 3. The summed E-state index contributed by atoms with van der Waals surface area (Å²) < 4.78 is 1.94. The first-order valence-electron chi connectivity index (χ1n) is 3.80. The lowest BCUT2D eigenvalue weighted by Gasteiger charge is -1.99. The SMILES string of the molecule is Cc1ncn2ccnc(CN)c12. The lowest BCUT2D eigenvalue weighted by molar-refractivity contribution is 0.969. The van der Waals surface area contributed by atoms with Crippen LogP contribution in [-0.4, -0.2) is 14.4 Å². The highest BCUT2D eigenvalue weighted by molar-refractivity contribution is 5.55. The van der Waals surface area contributed by atoms with Gasteiger partial charge in [0.1, 0.15) is 0 Å². The summed E-state index contributed by atoms with van der Waals surface area (Å²) in [6, 6.07) is 0. The zero-order valence-corrected chi connectivity index (χ0v) is 6.86. The van der Waals surface area contributed by atoms with Crippen molar-refractivity contribution in [2.75, 3.05) is 0 Å². The first kappa shape index (κ1) is 7.24. The zero-order chi connectivity index (χ0) is 8.55. The summed E-state index contributed by atoms with van der Waals surface area (Å²) in [5.74, 6) is 0. The summed E-state index contributed by atoms with van der Waals surface area (Å²) in [6.07, 6.45) is 5.37. The lowest BCUT2D eigenvalue weighted by Crippen LogP contribution is -2.02. The molecular weight excluding hydrogens is 152 g/mol. The van der Waals surface area contributed by atoms with E-state index in [1.807, 2.05) is 17.5 Å². The van der Waals surface area contributed by atoms with E-state index in [1.165, 1.54) is 0 Å². The van der Waals surface area contributed by atoms with Crippen LogP contribution < -0.4 is 5.73 Å². The number of hydrogen-bond donors (Lipinski definition) is 1. The second-order valence-corrected chi connectivity index (χ2v) is 2.66. The summed E-state index contributed by atoms with van der Waals surface area (Å²) in [5.41, 5.74) is 8.44. The molecular formula is C8H10N4. The van der Waals surface area contributed by atoms with Crippen molar-refractivity contribution in [3.05, 3.63) is 30.1 Å². The number of hydrogen-bond acceptors (Lipinski definition) is 3. The third kappa shape index (κ3) is 0.887. The summed E-state index contributed by atoms with van der Waals surface area (Å²) in [7, 11) is 0. The number of imidazole rings is 1. The number of nitrogens with zero attached hydrogens (tertiary/aromatic N) is 3. The molecule has 2 heterocycles. The molecule has 2 N–H and O–H groups in total. The van der Waals surface area contributed by atoms with Crippen LogP contribution in [0.3, 0.4) is 0 Å². The molecule has 0 saturated heterocycles. The minimum absolute atomic E-state index is 0.455. The fourth-order valence-electron chi connectivity index (χ4n) is 1.33. The van der Waals surface area contributed by atoms with Crippen LogP contribution in [-0.2, 0) is 6.54 Å². The minimum atomic E-state index is 0.455. The van der Waals surface area contributed by atoms with Crippen molar-refractivity contribution in [1.29, 1.82) is 0 Å². The van der Waals surface area contributed by atoms with E-state index in [4.69, 9.17) is 5.73 Å². The maximum Gasteiger partial charge on any atom is 0.0996 e. The van der Waals surface area contributed by atoms with Crippen LogP contribution in [0, 0.1) is 6.92 Å². The molecule has 0 spiro atoms. The highest BCUT2D eigenvalue weighted by atomic mass is 15.0. The molecule has 2 rings (SSSR count). The number of rotatable bonds is 1. The highest BCUT2D eigenvalue weighted by Gasteiger charge is 2.04. The summed E-state index contributed by atoms with van der Waals surface area (Å²) in [6.45, 7) is 2.41. The van der Waals surface area contributed by atoms with Gasteiger partial charge in [-0.2, -0.15) is 0 Å². The fourth-order valence-corrected chi connectivity index (χ4v) is 1.33. The van der Waals surface area contributed by atoms with E-state index in [0.29, 0.717) is 6.54 Å². The van der Waals surface area contributed by atoms with Gasteiger partial charge in [-0.05, 0) is 6.92 Å². The van der Waals surface area contributed by atoms with Gasteiger partial charge in [0, 0.05) is 18.9 Å². The Labute approximate surface area is 70.1 Å². The van der Waals surface area contributed by atoms with Crippen molar-refractivity contribution in [2.45, 2.75) is 13.5 Å². The van der Waals surface area contributed by atoms with Gasteiger partial charge in [0.05, 0.1) is 23.2 Å². The molecule has 0 unspecified atom stereocenters. The van der Waals surface area contributed by atoms with E-state index in [2.05, 4.69) is 9.97 Å². The Balaban J connectivity index is 2.84. The van der Waals surface area contributed by atoms with Crippen LogP contribution >= 0.6 is 0 Å². The average Bonchev–Trinajstić information content (AvgIpc) is 2.48. The topological polar surface area (TPSA) is 56.2 Å². The van der Waals surface area contributed by atoms with Crippen LogP contribution in [0.1, 0.15) is 11.4 Å². The zero-order valence-electron chi connectivity index (χ0n) is 6.86. The molecule has 0 fully saturated rings. The van der Waals surface area contributed by atoms with Crippen LogP contribution in [0.4, 0.5) is 0 Å². The standard InChI is InChI=1S/C8H10N4/c1-6-8-7(4-9)10-2-3-12(8)5-11-6/h2-3,5H,4,9H2,1H3. The molecule has 0 radical (unpaired) electrons. The molecule has 12 heavy (non-hydrogen) atoms. The van der Waals surface area contributed by atoms with Gasteiger partial charge in [0.2, 0.25) is 0 Å². The molecule has 0 aliphatic rings. The lowest BCUT2D eigenvalue weighted by atomic mass is 10.3. The third-order valence-corrected chi connectivity index (χ3v) is 1.90. The Bertz CT molecular complexity index is 404. The van der Waals surface area contributed by atoms with Gasteiger partial charge >= 0.3 is 0 Å². The maximum atomic E-state index is 5.54. The Hall–Kier alpha value is -1.42. The minimum Gasteiger partial charge on any atom is -0.325 e. The van der Waals surface area contributed by atoms with Crippen molar-refractivity contribution in [3.8, 4) is 0 Å². The largest absolute Gasteiger partial charge is 0.325 e. The van der Waals surface area contributed by atoms with E-state index in [0.717, 1.165) is 16.9 Å². The molecule has 2 aromatic rings. The van der Waals surface area contributed by atoms with E-state index >= 15 is 0 Å². The second-order valence-electron chi connectivity index (χ2n) is 2.66. The van der Waals surface area contributed by atoms with Crippen LogP contribution in [0.5, 0.6) is 0 Å². The molecule has 0 aliphatic carbocycles. The van der Waals surface area contributed by atoms with E-state index in [9.17, 15) is 0 Å². The quantitative estimate of drug-likeness (QED) is 0.664. The van der Waals surface area contributed by atoms with Gasteiger partial charge < -0.3 is 10.1 Å². The van der Waals surface area contributed by atoms with Gasteiger partial charge in [0.15, 0.2) is 0 Å². The smallest absolute Gasteiger partial charge is 0.0996 e. The number of nitrogens with two attached hydrogens (primary N) is 1. The third-order valence-electron chi connectivity index (χ3n) is 1.90. The highest BCUT2D eigenvalue weighted by Crippen LogP contribution is 2.10. The first-order chi connectivity index (χ1) is 5.83. The fraction of sp³-hybridized carbons (Fsp3) is 0.250. The maximum absolute atomic E-state index is 5.54. The Morgan fingerprint density at radius 1 is 1.50 bits per heavy atom.